The summed E-state index contributed by atoms with van der Waals surface area (Å²) in [4.78, 5) is 22.6. The Labute approximate surface area is 77.8 Å². The van der Waals surface area contributed by atoms with Gasteiger partial charge in [0.25, 0.3) is 0 Å². The van der Waals surface area contributed by atoms with Crippen LogP contribution in [0.3, 0.4) is 0 Å². The molecule has 0 aromatic rings. The second-order valence-corrected chi connectivity index (χ2v) is 3.11. The van der Waals surface area contributed by atoms with Crippen LogP contribution in [0.5, 0.6) is 0 Å². The Balaban J connectivity index is 4.70. The van der Waals surface area contributed by atoms with Gasteiger partial charge in [0.05, 0.1) is 0 Å². The van der Waals surface area contributed by atoms with E-state index in [9.17, 15) is 14.9 Å². The first kappa shape index (κ1) is 11.8. The number of hydrogen-bond donors (Lipinski definition) is 1. The van der Waals surface area contributed by atoms with Crippen molar-refractivity contribution in [3.63, 3.8) is 0 Å². The van der Waals surface area contributed by atoms with Gasteiger partial charge >= 0.3 is 12.3 Å². The molecule has 2 N–H and O–H groups in total. The number of carbonyl (C=O) groups is 1. The van der Waals surface area contributed by atoms with Crippen LogP contribution in [0, 0.1) is 21.6 Å². The summed E-state index contributed by atoms with van der Waals surface area (Å²) in [5.41, 5.74) is 7.75. The molecule has 0 aliphatic heterocycles. The largest absolute Gasteiger partial charge is 0.425 e. The van der Waals surface area contributed by atoms with E-state index in [0.29, 0.717) is 0 Å². The van der Waals surface area contributed by atoms with E-state index in [1.165, 1.54) is 0 Å². The molecule has 0 spiro atoms. The van der Waals surface area contributed by atoms with Gasteiger partial charge in [-0.05, 0) is 5.53 Å². The molecule has 1 unspecified atom stereocenters. The highest BCUT2D eigenvalue weighted by Crippen LogP contribution is 2.42. The first-order chi connectivity index (χ1) is 6.46. The fraction of sp³-hybridized carbons (Fsp3) is 0. The fourth-order valence-electron chi connectivity index (χ4n) is 0.287. The highest BCUT2D eigenvalue weighted by Gasteiger charge is 2.34. The lowest BCUT2D eigenvalue weighted by Gasteiger charge is -2.21. The lowest BCUT2D eigenvalue weighted by atomic mass is 11.3. The molecule has 0 aromatic heterocycles. The maximum Gasteiger partial charge on any atom is 0.425 e. The Bertz CT molecular complexity index is 343. The molecule has 14 heavy (non-hydrogen) atoms. The summed E-state index contributed by atoms with van der Waals surface area (Å²) >= 11 is 0. The number of nitriles is 1. The van der Waals surface area contributed by atoms with Gasteiger partial charge in [-0.25, -0.2) is 19.1 Å². The van der Waals surface area contributed by atoms with Gasteiger partial charge in [-0.1, -0.05) is 0 Å². The molecule has 0 saturated heterocycles. The lowest BCUT2D eigenvalue weighted by Crippen LogP contribution is -2.25. The van der Waals surface area contributed by atoms with Crippen molar-refractivity contribution in [3.8, 4) is 6.26 Å². The van der Waals surface area contributed by atoms with Gasteiger partial charge in [-0.3, -0.25) is 4.18 Å². The molecule has 0 aliphatic rings. The van der Waals surface area contributed by atoms with Crippen molar-refractivity contribution in [1.29, 1.82) is 5.26 Å². The maximum absolute atomic E-state index is 10.4. The summed E-state index contributed by atoms with van der Waals surface area (Å²) in [5.74, 6) is 0. The van der Waals surface area contributed by atoms with Crippen molar-refractivity contribution in [1.82, 2.24) is 0 Å². The van der Waals surface area contributed by atoms with Crippen LogP contribution in [0.25, 0.3) is 10.4 Å². The second kappa shape index (κ2) is 4.72. The van der Waals surface area contributed by atoms with Crippen molar-refractivity contribution in [2.75, 3.05) is 0 Å². The van der Waals surface area contributed by atoms with E-state index in [1.54, 1.807) is 0 Å². The van der Waals surface area contributed by atoms with Gasteiger partial charge < -0.3 is 0 Å². The topological polar surface area (TPSA) is 177 Å². The first-order valence-electron chi connectivity index (χ1n) is 2.58. The van der Waals surface area contributed by atoms with Crippen LogP contribution in [-0.2, 0) is 8.37 Å². The van der Waals surface area contributed by atoms with Crippen molar-refractivity contribution in [3.05, 3.63) is 20.6 Å². The van der Waals surface area contributed by atoms with E-state index >= 15 is 0 Å². The summed E-state index contributed by atoms with van der Waals surface area (Å²) in [6, 6.07) is 0. The van der Waals surface area contributed by atoms with E-state index in [-0.39, 0.29) is 0 Å². The van der Waals surface area contributed by atoms with Gasteiger partial charge in [0, 0.05) is 10.0 Å². The standard InChI is InChI=1S/C2H2N6O5S/c3-1-12-14(5,8(10)11)13-2(9)6-7-4/h5H2. The molecule has 1 atom stereocenters. The number of hydrogen-bond acceptors (Lipinski definition) is 7. The lowest BCUT2D eigenvalue weighted by molar-refractivity contribution is -0.318. The summed E-state index contributed by atoms with van der Waals surface area (Å²) in [7, 11) is -4.08. The normalized spacial score (nSPS) is 14.9. The molecular weight excluding hydrogens is 220 g/mol. The van der Waals surface area contributed by atoms with Gasteiger partial charge in [0.1, 0.15) is 0 Å². The van der Waals surface area contributed by atoms with Gasteiger partial charge in [0.2, 0.25) is 15.3 Å². The molecule has 0 aromatic carbocycles. The van der Waals surface area contributed by atoms with Crippen LogP contribution in [0.4, 0.5) is 4.79 Å². The third kappa shape index (κ3) is 3.03. The van der Waals surface area contributed by atoms with E-state index in [2.05, 4.69) is 13.5 Å². The number of nitrogens with zero attached hydrogens (tertiary/aromatic N) is 5. The molecule has 76 valence electrons. The molecule has 0 bridgehead atoms. The number of nitrogens with two attached hydrogens (primary N) is 1. The summed E-state index contributed by atoms with van der Waals surface area (Å²) in [5, 5.41) is 25.3. The van der Waals surface area contributed by atoms with E-state index in [0.717, 1.165) is 6.26 Å². The monoisotopic (exact) mass is 222 g/mol. The Morgan fingerprint density at radius 1 is 1.86 bits per heavy atom. The van der Waals surface area contributed by atoms with E-state index in [4.69, 9.17) is 15.9 Å². The van der Waals surface area contributed by atoms with Gasteiger partial charge in [-0.15, -0.1) is 5.26 Å². The maximum atomic E-state index is 10.4. The van der Waals surface area contributed by atoms with Crippen molar-refractivity contribution < 1.29 is 17.5 Å². The third-order valence-corrected chi connectivity index (χ3v) is 1.79. The highest BCUT2D eigenvalue weighted by molar-refractivity contribution is 8.19. The average molecular weight is 222 g/mol. The second-order valence-electron chi connectivity index (χ2n) is 1.45. The zero-order chi connectivity index (χ0) is 11.2. The zero-order valence-electron chi connectivity index (χ0n) is 6.26. The van der Waals surface area contributed by atoms with Crippen molar-refractivity contribution >= 4 is 17.1 Å². The third-order valence-electron chi connectivity index (χ3n) is 0.682. The van der Waals surface area contributed by atoms with Crippen LogP contribution < -0.4 is 5.14 Å². The predicted molar refractivity (Wildman–Crippen MR) is 41.1 cm³/mol. The van der Waals surface area contributed by atoms with Gasteiger partial charge in [-0.2, -0.15) is 5.14 Å². The van der Waals surface area contributed by atoms with E-state index in [1.807, 2.05) is 4.91 Å². The molecular formula is C2H2N6O5S. The Morgan fingerprint density at radius 3 is 2.79 bits per heavy atom. The zero-order valence-corrected chi connectivity index (χ0v) is 7.08. The highest BCUT2D eigenvalue weighted by atomic mass is 32.3. The van der Waals surface area contributed by atoms with Crippen LogP contribution >= 0.6 is 11.0 Å². The number of rotatable bonds is 3. The summed E-state index contributed by atoms with van der Waals surface area (Å²) in [6.07, 6.45) is -0.760. The smallest absolute Gasteiger partial charge is 0.271 e. The number of amides is 1. The van der Waals surface area contributed by atoms with Crippen LogP contribution in [0.15, 0.2) is 5.11 Å². The average Bonchev–Trinajstić information content (AvgIpc) is 2.04. The van der Waals surface area contributed by atoms with Crippen molar-refractivity contribution in [2.24, 2.45) is 10.3 Å². The Morgan fingerprint density at radius 2 is 2.43 bits per heavy atom. The molecule has 11 nitrogen and oxygen atoms in total. The fourth-order valence-corrected chi connectivity index (χ4v) is 0.787. The van der Waals surface area contributed by atoms with Gasteiger partial charge in [0.15, 0.2) is 0 Å². The van der Waals surface area contributed by atoms with E-state index < -0.39 is 21.4 Å². The molecule has 0 fully saturated rings. The molecule has 0 rings (SSSR count). The van der Waals surface area contributed by atoms with Crippen molar-refractivity contribution in [2.45, 2.75) is 0 Å². The van der Waals surface area contributed by atoms with Crippen LogP contribution in [0.1, 0.15) is 0 Å². The SMILES string of the molecule is N#COS(N)(OC(=O)N=[N+]=[N-])[N+](=O)[O-]. The summed E-state index contributed by atoms with van der Waals surface area (Å²) in [6.45, 7) is 0. The molecule has 0 radical (unpaired) electrons. The number of carbonyl (C=O) groups excluding carboxylic acids is 1. The first-order valence-corrected chi connectivity index (χ1v) is 4.08. The molecule has 12 heteroatoms. The molecule has 0 heterocycles. The van der Waals surface area contributed by atoms with Crippen LogP contribution in [0.2, 0.25) is 0 Å². The molecule has 1 amide bonds. The quantitative estimate of drug-likeness (QED) is 0.181. The Kier molecular flexibility index (Phi) is 3.97. The molecule has 0 saturated carbocycles. The number of nitro groups is 1. The summed E-state index contributed by atoms with van der Waals surface area (Å²) < 4.78 is 6.28. The minimum Gasteiger partial charge on any atom is -0.271 e. The van der Waals surface area contributed by atoms with Crippen LogP contribution in [-0.4, -0.2) is 10.4 Å². The Hall–Kier alpha value is -2.22. The predicted octanol–water partition coefficient (Wildman–Crippen LogP) is 0.631. The minimum atomic E-state index is -4.08. The minimum absolute atomic E-state index is 0.895. The number of azide groups is 1. The molecule has 0 aliphatic carbocycles.